The van der Waals surface area contributed by atoms with E-state index in [9.17, 15) is 0 Å². The minimum absolute atomic E-state index is 1.13. The zero-order valence-electron chi connectivity index (χ0n) is 31.5. The summed E-state index contributed by atoms with van der Waals surface area (Å²) in [5.41, 5.74) is 11.6. The first-order valence-corrected chi connectivity index (χ1v) is 21.2. The highest BCUT2D eigenvalue weighted by Crippen LogP contribution is 2.43. The van der Waals surface area contributed by atoms with Crippen LogP contribution in [0, 0.1) is 0 Å². The van der Waals surface area contributed by atoms with Crippen molar-refractivity contribution in [3.63, 3.8) is 0 Å². The number of thiophene rings is 2. The van der Waals surface area contributed by atoms with Crippen LogP contribution < -0.4 is 9.80 Å². The molecular weight excluding hydrogens is 741 g/mol. The summed E-state index contributed by atoms with van der Waals surface area (Å²) in [6, 6.07) is 79.2. The Morgan fingerprint density at radius 1 is 0.224 bits per heavy atom. The predicted octanol–water partition coefficient (Wildman–Crippen LogP) is 16.7. The third kappa shape index (κ3) is 6.20. The molecule has 0 fully saturated rings. The summed E-state index contributed by atoms with van der Waals surface area (Å²) in [5, 5.41) is 5.25. The summed E-state index contributed by atoms with van der Waals surface area (Å²) in [6.45, 7) is 0. The first kappa shape index (κ1) is 34.3. The van der Waals surface area contributed by atoms with Gasteiger partial charge in [-0.15, -0.1) is 22.7 Å². The van der Waals surface area contributed by atoms with Crippen LogP contribution in [0.1, 0.15) is 0 Å². The number of rotatable bonds is 8. The topological polar surface area (TPSA) is 6.48 Å². The van der Waals surface area contributed by atoms with Crippen LogP contribution in [0.15, 0.2) is 218 Å². The molecule has 2 aromatic heterocycles. The van der Waals surface area contributed by atoms with Crippen LogP contribution in [-0.4, -0.2) is 0 Å². The Hall–Kier alpha value is -6.98. The van der Waals surface area contributed by atoms with Gasteiger partial charge in [-0.05, 0) is 107 Å². The summed E-state index contributed by atoms with van der Waals surface area (Å²) in [6.07, 6.45) is 0. The molecule has 0 aliphatic rings. The molecule has 0 aliphatic carbocycles. The Bertz CT molecular complexity index is 2980. The molecule has 0 atom stereocenters. The number of benzene rings is 9. The highest BCUT2D eigenvalue weighted by molar-refractivity contribution is 7.26. The summed E-state index contributed by atoms with van der Waals surface area (Å²) >= 11 is 3.71. The molecule has 11 rings (SSSR count). The van der Waals surface area contributed by atoms with Crippen molar-refractivity contribution < 1.29 is 0 Å². The molecule has 4 heteroatoms. The smallest absolute Gasteiger partial charge is 0.0476 e. The van der Waals surface area contributed by atoms with Gasteiger partial charge in [0.25, 0.3) is 0 Å². The molecule has 0 aliphatic heterocycles. The number of hydrogen-bond donors (Lipinski definition) is 0. The fourth-order valence-electron chi connectivity index (χ4n) is 8.22. The average Bonchev–Trinajstić information content (AvgIpc) is 3.86. The third-order valence-electron chi connectivity index (χ3n) is 11.1. The maximum atomic E-state index is 2.35. The zero-order chi connectivity index (χ0) is 38.4. The highest BCUT2D eigenvalue weighted by atomic mass is 32.1. The molecule has 11 aromatic rings. The van der Waals surface area contributed by atoms with E-state index in [4.69, 9.17) is 0 Å². The fraction of sp³-hybridized carbons (Fsp3) is 0. The van der Waals surface area contributed by atoms with Crippen LogP contribution >= 0.6 is 22.7 Å². The minimum atomic E-state index is 1.13. The lowest BCUT2D eigenvalue weighted by Gasteiger charge is -2.26. The van der Waals surface area contributed by atoms with Crippen molar-refractivity contribution in [1.82, 2.24) is 0 Å². The molecular formula is C54H36N2S2. The molecule has 0 unspecified atom stereocenters. The molecule has 2 heterocycles. The maximum Gasteiger partial charge on any atom is 0.0476 e. The number of nitrogens with zero attached hydrogens (tertiary/aromatic N) is 2. The van der Waals surface area contributed by atoms with E-state index in [1.165, 1.54) is 62.6 Å². The molecule has 0 radical (unpaired) electrons. The van der Waals surface area contributed by atoms with Crippen molar-refractivity contribution in [2.45, 2.75) is 0 Å². The van der Waals surface area contributed by atoms with Gasteiger partial charge in [-0.3, -0.25) is 0 Å². The Morgan fingerprint density at radius 2 is 0.517 bits per heavy atom. The van der Waals surface area contributed by atoms with Gasteiger partial charge in [-0.2, -0.15) is 0 Å². The number of fused-ring (bicyclic) bond motifs is 6. The molecule has 2 nitrogen and oxygen atoms in total. The van der Waals surface area contributed by atoms with E-state index in [1.807, 2.05) is 22.7 Å². The van der Waals surface area contributed by atoms with Gasteiger partial charge in [-0.1, -0.05) is 133 Å². The predicted molar refractivity (Wildman–Crippen MR) is 252 cm³/mol. The lowest BCUT2D eigenvalue weighted by Crippen LogP contribution is -2.09. The van der Waals surface area contributed by atoms with Crippen molar-refractivity contribution in [1.29, 1.82) is 0 Å². The largest absolute Gasteiger partial charge is 0.310 e. The van der Waals surface area contributed by atoms with Crippen molar-refractivity contribution in [2.24, 2.45) is 0 Å². The van der Waals surface area contributed by atoms with E-state index in [1.54, 1.807) is 0 Å². The molecule has 0 bridgehead atoms. The van der Waals surface area contributed by atoms with Crippen LogP contribution in [0.2, 0.25) is 0 Å². The van der Waals surface area contributed by atoms with Crippen molar-refractivity contribution in [2.75, 3.05) is 9.80 Å². The summed E-state index contributed by atoms with van der Waals surface area (Å²) in [4.78, 5) is 4.70. The van der Waals surface area contributed by atoms with E-state index >= 15 is 0 Å². The Balaban J connectivity index is 0.869. The molecule has 9 aromatic carbocycles. The van der Waals surface area contributed by atoms with Crippen LogP contribution in [0.25, 0.3) is 62.6 Å². The van der Waals surface area contributed by atoms with Crippen LogP contribution in [0.3, 0.4) is 0 Å². The van der Waals surface area contributed by atoms with E-state index in [0.717, 1.165) is 34.1 Å². The molecule has 274 valence electrons. The Morgan fingerprint density at radius 3 is 0.914 bits per heavy atom. The van der Waals surface area contributed by atoms with Crippen molar-refractivity contribution in [3.05, 3.63) is 218 Å². The number of anilines is 6. The first-order chi connectivity index (χ1) is 28.7. The van der Waals surface area contributed by atoms with Gasteiger partial charge < -0.3 is 9.80 Å². The summed E-state index contributed by atoms with van der Waals surface area (Å²) in [7, 11) is 0. The summed E-state index contributed by atoms with van der Waals surface area (Å²) < 4.78 is 5.23. The number of para-hydroxylation sites is 2. The number of hydrogen-bond acceptors (Lipinski definition) is 4. The normalized spacial score (nSPS) is 11.4. The van der Waals surface area contributed by atoms with Gasteiger partial charge in [0.05, 0.1) is 0 Å². The second kappa shape index (κ2) is 14.5. The van der Waals surface area contributed by atoms with Crippen LogP contribution in [0.4, 0.5) is 34.1 Å². The first-order valence-electron chi connectivity index (χ1n) is 19.6. The molecule has 0 spiro atoms. The van der Waals surface area contributed by atoms with Gasteiger partial charge in [0, 0.05) is 74.5 Å². The quantitative estimate of drug-likeness (QED) is 0.152. The lowest BCUT2D eigenvalue weighted by atomic mass is 9.99. The van der Waals surface area contributed by atoms with Gasteiger partial charge in [0.1, 0.15) is 0 Å². The highest BCUT2D eigenvalue weighted by Gasteiger charge is 2.17. The van der Waals surface area contributed by atoms with Crippen molar-refractivity contribution in [3.8, 4) is 22.3 Å². The molecule has 58 heavy (non-hydrogen) atoms. The van der Waals surface area contributed by atoms with E-state index < -0.39 is 0 Å². The summed E-state index contributed by atoms with van der Waals surface area (Å²) in [5.74, 6) is 0. The zero-order valence-corrected chi connectivity index (χ0v) is 33.1. The monoisotopic (exact) mass is 776 g/mol. The van der Waals surface area contributed by atoms with Crippen LogP contribution in [0.5, 0.6) is 0 Å². The SMILES string of the molecule is c1ccc(N(c2ccc(-c3ccc(-c4ccc(N(c5ccccc5)c5ccc6c(c5)sc5ccccc56)cc4)cc3)cc2)c2ccc3c(c2)sc2ccccc23)cc1. The van der Waals surface area contributed by atoms with Gasteiger partial charge >= 0.3 is 0 Å². The minimum Gasteiger partial charge on any atom is -0.310 e. The fourth-order valence-corrected chi connectivity index (χ4v) is 10.5. The van der Waals surface area contributed by atoms with Crippen LogP contribution in [-0.2, 0) is 0 Å². The van der Waals surface area contributed by atoms with E-state index in [2.05, 4.69) is 228 Å². The maximum absolute atomic E-state index is 2.35. The molecule has 0 amide bonds. The molecule has 0 N–H and O–H groups in total. The van der Waals surface area contributed by atoms with E-state index in [-0.39, 0.29) is 0 Å². The molecule has 0 saturated carbocycles. The lowest BCUT2D eigenvalue weighted by molar-refractivity contribution is 1.29. The Kier molecular flexibility index (Phi) is 8.58. The second-order valence-corrected chi connectivity index (χ2v) is 16.7. The van der Waals surface area contributed by atoms with Gasteiger partial charge in [0.15, 0.2) is 0 Å². The molecule has 0 saturated heterocycles. The standard InChI is InChI=1S/C54H36N2S2/c1-3-11-41(12-4-1)55(45-31-33-49-47-15-7-9-17-51(47)57-53(49)35-45)43-27-23-39(24-28-43)37-19-21-38(22-20-37)40-25-29-44(30-26-40)56(42-13-5-2-6-14-42)46-32-34-50-48-16-8-10-18-52(48)58-54(50)36-46/h1-36H. The van der Waals surface area contributed by atoms with Gasteiger partial charge in [0.2, 0.25) is 0 Å². The van der Waals surface area contributed by atoms with Crippen molar-refractivity contribution >= 4 is 97.1 Å². The second-order valence-electron chi connectivity index (χ2n) is 14.6. The third-order valence-corrected chi connectivity index (χ3v) is 13.3. The van der Waals surface area contributed by atoms with E-state index in [0.29, 0.717) is 0 Å². The Labute approximate surface area is 345 Å². The average molecular weight is 777 g/mol. The van der Waals surface area contributed by atoms with Gasteiger partial charge in [-0.25, -0.2) is 0 Å².